The zero-order chi connectivity index (χ0) is 41.5. The Balaban J connectivity index is 1.39. The first-order valence-electron chi connectivity index (χ1n) is 19.6. The predicted molar refractivity (Wildman–Crippen MR) is 229 cm³/mol. The highest BCUT2D eigenvalue weighted by Gasteiger charge is 2.52. The molecule has 4 heterocycles. The van der Waals surface area contributed by atoms with E-state index in [1.165, 1.54) is 6.07 Å². The number of epoxide rings is 1. The monoisotopic (exact) mass is 866 g/mol. The number of sulfone groups is 1. The summed E-state index contributed by atoms with van der Waals surface area (Å²) in [4.78, 5) is 16.2. The third kappa shape index (κ3) is 11.8. The smallest absolute Gasteiger partial charge is 0.324 e. The molecule has 2 unspecified atom stereocenters. The lowest BCUT2D eigenvalue weighted by Gasteiger charge is -2.47. The molecular formula is C39H62N2O10S2Si3. The van der Waals surface area contributed by atoms with Crippen molar-refractivity contribution in [1.29, 1.82) is 0 Å². The normalized spacial score (nSPS) is 28.7. The summed E-state index contributed by atoms with van der Waals surface area (Å²) in [5.74, 6) is 0.489. The second-order valence-corrected chi connectivity index (χ2v) is 35.1. The molecule has 2 aromatic rings. The van der Waals surface area contributed by atoms with Crippen LogP contribution in [0.5, 0.6) is 0 Å². The van der Waals surface area contributed by atoms with Crippen molar-refractivity contribution < 1.29 is 40.8 Å². The Morgan fingerprint density at radius 2 is 1.59 bits per heavy atom. The number of benzene rings is 1. The summed E-state index contributed by atoms with van der Waals surface area (Å²) in [6, 6.07) is 9.48. The summed E-state index contributed by atoms with van der Waals surface area (Å²) < 4.78 is 67.7. The van der Waals surface area contributed by atoms with E-state index < -0.39 is 51.2 Å². The van der Waals surface area contributed by atoms with Crippen LogP contribution in [0.25, 0.3) is 0 Å². The largest absolute Gasteiger partial charge is 0.465 e. The Hall–Kier alpha value is -2.07. The molecule has 0 radical (unpaired) electrons. The molecule has 5 rings (SSSR count). The number of aliphatic imine (C=N–C) groups is 1. The molecule has 312 valence electrons. The number of hydrogen-bond acceptors (Lipinski definition) is 12. The second-order valence-electron chi connectivity index (χ2n) is 18.6. The van der Waals surface area contributed by atoms with Gasteiger partial charge in [-0.3, -0.25) is 10.1 Å². The number of hydrogen-bond donors (Lipinski definition) is 0. The maximum Gasteiger partial charge on any atom is 0.324 e. The molecule has 56 heavy (non-hydrogen) atoms. The van der Waals surface area contributed by atoms with Gasteiger partial charge in [-0.1, -0.05) is 41.5 Å². The second kappa shape index (κ2) is 17.3. The summed E-state index contributed by atoms with van der Waals surface area (Å²) >= 11 is 0.889. The number of nitro groups is 1. The summed E-state index contributed by atoms with van der Waals surface area (Å²) in [6.07, 6.45) is 1.46. The number of ether oxygens (including phenoxy) is 3. The van der Waals surface area contributed by atoms with Crippen molar-refractivity contribution in [3.8, 4) is 0 Å². The van der Waals surface area contributed by atoms with Crippen molar-refractivity contribution >= 4 is 57.0 Å². The van der Waals surface area contributed by atoms with Gasteiger partial charge in [-0.2, -0.15) is 0 Å². The lowest BCUT2D eigenvalue weighted by Crippen LogP contribution is -2.58. The van der Waals surface area contributed by atoms with Crippen LogP contribution < -0.4 is 0 Å². The molecule has 1 aromatic carbocycles. The van der Waals surface area contributed by atoms with Crippen LogP contribution in [0.3, 0.4) is 0 Å². The van der Waals surface area contributed by atoms with Gasteiger partial charge in [0.25, 0.3) is 0 Å². The minimum atomic E-state index is -4.02. The van der Waals surface area contributed by atoms with Gasteiger partial charge in [-0.25, -0.2) is 13.4 Å². The predicted octanol–water partition coefficient (Wildman–Crippen LogP) is 9.06. The number of aryl methyl sites for hydroxylation is 1. The van der Waals surface area contributed by atoms with Crippen molar-refractivity contribution in [3.05, 3.63) is 68.6 Å². The Bertz CT molecular complexity index is 1870. The molecule has 2 fully saturated rings. The lowest BCUT2D eigenvalue weighted by atomic mass is 9.85. The lowest BCUT2D eigenvalue weighted by molar-refractivity contribution is -0.380. The quantitative estimate of drug-likeness (QED) is 0.0653. The van der Waals surface area contributed by atoms with Gasteiger partial charge < -0.3 is 27.5 Å². The van der Waals surface area contributed by atoms with E-state index in [0.29, 0.717) is 17.9 Å². The van der Waals surface area contributed by atoms with Crippen LogP contribution in [0, 0.1) is 28.9 Å². The van der Waals surface area contributed by atoms with Gasteiger partial charge in [0, 0.05) is 24.0 Å². The molecule has 0 saturated carbocycles. The van der Waals surface area contributed by atoms with Gasteiger partial charge >= 0.3 is 5.00 Å². The summed E-state index contributed by atoms with van der Waals surface area (Å²) in [6.45, 7) is 28.5. The summed E-state index contributed by atoms with van der Waals surface area (Å²) in [5, 5.41) is 10.1. The van der Waals surface area contributed by atoms with E-state index in [1.54, 1.807) is 36.4 Å². The topological polar surface area (TPSA) is 148 Å². The first-order chi connectivity index (χ1) is 25.8. The fraction of sp³-hybridized carbons (Fsp3) is 0.667. The van der Waals surface area contributed by atoms with Gasteiger partial charge in [-0.05, 0) is 117 Å². The number of nitrogens with zero attached hydrogens (tertiary/aromatic N) is 2. The molecule has 10 atom stereocenters. The molecule has 2 saturated heterocycles. The number of rotatable bonds is 17. The van der Waals surface area contributed by atoms with Crippen molar-refractivity contribution in [1.82, 2.24) is 0 Å². The Morgan fingerprint density at radius 3 is 2.16 bits per heavy atom. The zero-order valence-corrected chi connectivity index (χ0v) is 39.9. The van der Waals surface area contributed by atoms with E-state index in [0.717, 1.165) is 28.9 Å². The highest BCUT2D eigenvalue weighted by molar-refractivity contribution is 7.92. The van der Waals surface area contributed by atoms with Crippen molar-refractivity contribution in [2.75, 3.05) is 6.61 Å². The fourth-order valence-corrected chi connectivity index (χ4v) is 13.5. The van der Waals surface area contributed by atoms with E-state index in [4.69, 9.17) is 27.5 Å². The van der Waals surface area contributed by atoms with E-state index in [1.807, 2.05) is 13.8 Å². The van der Waals surface area contributed by atoms with Crippen LogP contribution in [0.4, 0.5) is 5.00 Å². The maximum atomic E-state index is 14.0. The molecule has 12 nitrogen and oxygen atoms in total. The van der Waals surface area contributed by atoms with E-state index in [-0.39, 0.29) is 64.3 Å². The van der Waals surface area contributed by atoms with E-state index >= 15 is 0 Å². The van der Waals surface area contributed by atoms with Crippen LogP contribution >= 0.6 is 11.3 Å². The van der Waals surface area contributed by atoms with Crippen LogP contribution in [0.2, 0.25) is 58.9 Å². The summed E-state index contributed by atoms with van der Waals surface area (Å²) in [7, 11) is -9.86. The van der Waals surface area contributed by atoms with Crippen LogP contribution in [-0.4, -0.2) is 92.8 Å². The van der Waals surface area contributed by atoms with Crippen molar-refractivity contribution in [3.63, 3.8) is 0 Å². The van der Waals surface area contributed by atoms with Gasteiger partial charge in [-0.15, -0.1) is 0 Å². The molecule has 3 aliphatic heterocycles. The van der Waals surface area contributed by atoms with Crippen molar-refractivity contribution in [2.24, 2.45) is 16.8 Å². The molecule has 17 heteroatoms. The average Bonchev–Trinajstić information content (AvgIpc) is 3.41. The highest BCUT2D eigenvalue weighted by Crippen LogP contribution is 2.43. The Kier molecular flexibility index (Phi) is 13.9. The van der Waals surface area contributed by atoms with E-state index in [9.17, 15) is 18.5 Å². The first kappa shape index (κ1) is 45.0. The zero-order valence-electron chi connectivity index (χ0n) is 35.2. The fourth-order valence-electron chi connectivity index (χ4n) is 7.42. The van der Waals surface area contributed by atoms with Gasteiger partial charge in [0.15, 0.2) is 31.1 Å². The Labute approximate surface area is 340 Å². The van der Waals surface area contributed by atoms with Crippen molar-refractivity contribution in [2.45, 2.75) is 152 Å². The average molecular weight is 867 g/mol. The molecule has 1 aromatic heterocycles. The SMILES string of the molecule is C/C(=C\C1=NC(S(=O)(=O)c2ccc(C)cc2)C(c2ccc([N+](=O)[O-])s2)O1)C[C@@H]1OC[C@H](C[C@@H]2O[C@H]2[C@@H](C)[C@H](C)O[Si](C)(C)C)[C@@H](O[Si](C)(C)C)[C@H]1O[Si](C)(C)C. The molecule has 0 aliphatic carbocycles. The summed E-state index contributed by atoms with van der Waals surface area (Å²) in [5.41, 5.74) is 1.78. The van der Waals surface area contributed by atoms with Gasteiger partial charge in [0.2, 0.25) is 21.1 Å². The van der Waals surface area contributed by atoms with Gasteiger partial charge in [0.05, 0.1) is 51.8 Å². The number of thiophene rings is 1. The molecule has 0 bridgehead atoms. The van der Waals surface area contributed by atoms with E-state index in [2.05, 4.69) is 77.8 Å². The van der Waals surface area contributed by atoms with Gasteiger partial charge in [0.1, 0.15) is 0 Å². The van der Waals surface area contributed by atoms with Crippen LogP contribution in [-0.2, 0) is 37.3 Å². The minimum absolute atomic E-state index is 0.0740. The third-order valence-electron chi connectivity index (χ3n) is 10.0. The van der Waals surface area contributed by atoms with Crippen LogP contribution in [0.15, 0.2) is 57.9 Å². The third-order valence-corrected chi connectivity index (χ3v) is 16.1. The molecule has 0 amide bonds. The Morgan fingerprint density at radius 1 is 0.964 bits per heavy atom. The molecule has 0 N–H and O–H groups in total. The highest BCUT2D eigenvalue weighted by atomic mass is 32.2. The maximum absolute atomic E-state index is 14.0. The molecular weight excluding hydrogens is 805 g/mol. The first-order valence-corrected chi connectivity index (χ1v) is 32.2. The molecule has 0 spiro atoms. The standard InChI is InChI=1S/C39H62N2O10S2Si3/c1-24-14-16-29(17-15-24)53(44,45)39-38(32-18-19-34(52-32)41(42)43)48-33(40-39)21-25(2)20-30-37(51-56(11,12)13)36(50-55(8,9)10)28(23-46-30)22-31-35(47-31)26(3)27(4)49-54(5,6)7/h14-19,21,26-28,30-31,35-39H,20,22-23H2,1-13H3/b25-21+/t26-,27-,28-,30-,31-,35-,36+,37-,38?,39?/m0/s1. The minimum Gasteiger partial charge on any atom is -0.465 e. The molecule has 3 aliphatic rings. The van der Waals surface area contributed by atoms with Crippen LogP contribution in [0.1, 0.15) is 50.2 Å².